The second-order valence-electron chi connectivity index (χ2n) is 4.81. The lowest BCUT2D eigenvalue weighted by Crippen LogP contribution is -2.44. The number of ether oxygens (including phenoxy) is 1. The number of benzene rings is 1. The van der Waals surface area contributed by atoms with Gasteiger partial charge in [-0.15, -0.1) is 0 Å². The maximum absolute atomic E-state index is 9.80. The standard InChI is InChI=1S/C14H22N2O2/c1-11-9-12(10-13(18-2)14(11)17)3-6-16-7-4-15-5-8-16/h9-10,15,17H,3-8H2,1-2H3. The molecule has 0 spiro atoms. The van der Waals surface area contributed by atoms with Gasteiger partial charge in [-0.05, 0) is 30.5 Å². The zero-order chi connectivity index (χ0) is 13.0. The first-order chi connectivity index (χ1) is 8.70. The van der Waals surface area contributed by atoms with Crippen LogP contribution in [-0.4, -0.2) is 49.8 Å². The Hall–Kier alpha value is -1.26. The van der Waals surface area contributed by atoms with Crippen molar-refractivity contribution in [1.29, 1.82) is 0 Å². The lowest BCUT2D eigenvalue weighted by molar-refractivity contribution is 0.244. The average Bonchev–Trinajstić information content (AvgIpc) is 2.41. The lowest BCUT2D eigenvalue weighted by atomic mass is 10.1. The molecule has 4 nitrogen and oxygen atoms in total. The molecule has 0 radical (unpaired) electrons. The summed E-state index contributed by atoms with van der Waals surface area (Å²) in [6, 6.07) is 3.98. The fourth-order valence-corrected chi connectivity index (χ4v) is 2.34. The molecule has 0 unspecified atom stereocenters. The van der Waals surface area contributed by atoms with Gasteiger partial charge in [0.25, 0.3) is 0 Å². The third-order valence-corrected chi connectivity index (χ3v) is 3.47. The number of phenolic OH excluding ortho intramolecular Hbond substituents is 1. The van der Waals surface area contributed by atoms with E-state index in [-0.39, 0.29) is 5.75 Å². The van der Waals surface area contributed by atoms with Crippen LogP contribution >= 0.6 is 0 Å². The molecule has 1 fully saturated rings. The summed E-state index contributed by atoms with van der Waals surface area (Å²) in [5.41, 5.74) is 2.10. The van der Waals surface area contributed by atoms with Crippen LogP contribution in [0, 0.1) is 6.92 Å². The van der Waals surface area contributed by atoms with Crippen molar-refractivity contribution in [3.63, 3.8) is 0 Å². The van der Waals surface area contributed by atoms with Crippen LogP contribution in [0.5, 0.6) is 11.5 Å². The Balaban J connectivity index is 1.98. The Morgan fingerprint density at radius 2 is 2.06 bits per heavy atom. The maximum atomic E-state index is 9.80. The average molecular weight is 250 g/mol. The van der Waals surface area contributed by atoms with Gasteiger partial charge in [0.1, 0.15) is 0 Å². The third kappa shape index (κ3) is 3.15. The summed E-state index contributed by atoms with van der Waals surface area (Å²) in [5, 5.41) is 13.1. The van der Waals surface area contributed by atoms with Crippen molar-refractivity contribution in [2.75, 3.05) is 39.8 Å². The molecule has 18 heavy (non-hydrogen) atoms. The molecule has 4 heteroatoms. The minimum atomic E-state index is 0.253. The maximum Gasteiger partial charge on any atom is 0.161 e. The Bertz CT molecular complexity index is 401. The first-order valence-electron chi connectivity index (χ1n) is 6.50. The summed E-state index contributed by atoms with van der Waals surface area (Å²) in [6.07, 6.45) is 0.997. The molecule has 1 aromatic carbocycles. The topological polar surface area (TPSA) is 44.7 Å². The minimum Gasteiger partial charge on any atom is -0.504 e. The zero-order valence-electron chi connectivity index (χ0n) is 11.2. The number of hydrogen-bond acceptors (Lipinski definition) is 4. The summed E-state index contributed by atoms with van der Waals surface area (Å²) in [7, 11) is 1.59. The van der Waals surface area contributed by atoms with E-state index in [4.69, 9.17) is 4.74 Å². The van der Waals surface area contributed by atoms with Crippen molar-refractivity contribution in [1.82, 2.24) is 10.2 Å². The molecule has 0 saturated carbocycles. The second-order valence-corrected chi connectivity index (χ2v) is 4.81. The fourth-order valence-electron chi connectivity index (χ4n) is 2.34. The van der Waals surface area contributed by atoms with Gasteiger partial charge in [-0.1, -0.05) is 6.07 Å². The Labute approximate surface area is 109 Å². The highest BCUT2D eigenvalue weighted by atomic mass is 16.5. The van der Waals surface area contributed by atoms with Crippen LogP contribution in [-0.2, 0) is 6.42 Å². The van der Waals surface area contributed by atoms with Crippen molar-refractivity contribution in [2.24, 2.45) is 0 Å². The second kappa shape index (κ2) is 6.07. The molecular formula is C14H22N2O2. The van der Waals surface area contributed by atoms with Gasteiger partial charge in [0.05, 0.1) is 7.11 Å². The quantitative estimate of drug-likeness (QED) is 0.841. The molecular weight excluding hydrogens is 228 g/mol. The predicted octanol–water partition coefficient (Wildman–Crippen LogP) is 1.16. The number of aryl methyl sites for hydroxylation is 1. The Morgan fingerprint density at radius 1 is 1.33 bits per heavy atom. The number of piperazine rings is 1. The number of methoxy groups -OCH3 is 1. The van der Waals surface area contributed by atoms with E-state index in [1.165, 1.54) is 5.56 Å². The van der Waals surface area contributed by atoms with E-state index >= 15 is 0 Å². The third-order valence-electron chi connectivity index (χ3n) is 3.47. The van der Waals surface area contributed by atoms with E-state index in [1.54, 1.807) is 7.11 Å². The van der Waals surface area contributed by atoms with E-state index in [0.29, 0.717) is 5.75 Å². The van der Waals surface area contributed by atoms with Gasteiger partial charge >= 0.3 is 0 Å². The first kappa shape index (κ1) is 13.2. The monoisotopic (exact) mass is 250 g/mol. The van der Waals surface area contributed by atoms with Gasteiger partial charge in [-0.3, -0.25) is 0 Å². The van der Waals surface area contributed by atoms with Gasteiger partial charge in [-0.25, -0.2) is 0 Å². The molecule has 1 heterocycles. The number of phenols is 1. The minimum absolute atomic E-state index is 0.253. The first-order valence-corrected chi connectivity index (χ1v) is 6.50. The highest BCUT2D eigenvalue weighted by Crippen LogP contribution is 2.30. The van der Waals surface area contributed by atoms with Crippen molar-refractivity contribution in [3.05, 3.63) is 23.3 Å². The van der Waals surface area contributed by atoms with E-state index in [0.717, 1.165) is 44.7 Å². The molecule has 0 bridgehead atoms. The number of nitrogens with one attached hydrogen (secondary N) is 1. The summed E-state index contributed by atoms with van der Waals surface area (Å²) in [4.78, 5) is 2.46. The molecule has 1 aliphatic rings. The van der Waals surface area contributed by atoms with Crippen LogP contribution in [0.15, 0.2) is 12.1 Å². The van der Waals surface area contributed by atoms with E-state index in [2.05, 4.69) is 10.2 Å². The summed E-state index contributed by atoms with van der Waals surface area (Å²) >= 11 is 0. The van der Waals surface area contributed by atoms with Crippen molar-refractivity contribution >= 4 is 0 Å². The molecule has 2 rings (SSSR count). The fraction of sp³-hybridized carbons (Fsp3) is 0.571. The molecule has 1 aliphatic heterocycles. The summed E-state index contributed by atoms with van der Waals surface area (Å²) in [6.45, 7) is 7.37. The van der Waals surface area contributed by atoms with Gasteiger partial charge in [-0.2, -0.15) is 0 Å². The summed E-state index contributed by atoms with van der Waals surface area (Å²) < 4.78 is 5.18. The van der Waals surface area contributed by atoms with Crippen LogP contribution in [0.1, 0.15) is 11.1 Å². The highest BCUT2D eigenvalue weighted by Gasteiger charge is 2.11. The normalized spacial score (nSPS) is 16.8. The highest BCUT2D eigenvalue weighted by molar-refractivity contribution is 5.47. The Morgan fingerprint density at radius 3 is 2.72 bits per heavy atom. The SMILES string of the molecule is COc1cc(CCN2CCNCC2)cc(C)c1O. The molecule has 1 aromatic rings. The van der Waals surface area contributed by atoms with Gasteiger partial charge < -0.3 is 20.1 Å². The number of rotatable bonds is 4. The summed E-state index contributed by atoms with van der Waals surface area (Å²) in [5.74, 6) is 0.828. The lowest BCUT2D eigenvalue weighted by Gasteiger charge is -2.27. The van der Waals surface area contributed by atoms with Crippen LogP contribution in [0.4, 0.5) is 0 Å². The Kier molecular flexibility index (Phi) is 4.44. The van der Waals surface area contributed by atoms with Crippen molar-refractivity contribution in [3.8, 4) is 11.5 Å². The van der Waals surface area contributed by atoms with E-state index < -0.39 is 0 Å². The number of hydrogen-bond donors (Lipinski definition) is 2. The molecule has 100 valence electrons. The molecule has 0 atom stereocenters. The van der Waals surface area contributed by atoms with Crippen LogP contribution in [0.2, 0.25) is 0 Å². The van der Waals surface area contributed by atoms with Gasteiger partial charge in [0.15, 0.2) is 11.5 Å². The van der Waals surface area contributed by atoms with E-state index in [1.807, 2.05) is 19.1 Å². The van der Waals surface area contributed by atoms with E-state index in [9.17, 15) is 5.11 Å². The van der Waals surface area contributed by atoms with Gasteiger partial charge in [0.2, 0.25) is 0 Å². The smallest absolute Gasteiger partial charge is 0.161 e. The largest absolute Gasteiger partial charge is 0.504 e. The number of nitrogens with zero attached hydrogens (tertiary/aromatic N) is 1. The number of aromatic hydroxyl groups is 1. The molecule has 0 amide bonds. The molecule has 0 aromatic heterocycles. The zero-order valence-corrected chi connectivity index (χ0v) is 11.2. The molecule has 2 N–H and O–H groups in total. The van der Waals surface area contributed by atoms with Crippen LogP contribution in [0.25, 0.3) is 0 Å². The van der Waals surface area contributed by atoms with Gasteiger partial charge in [0, 0.05) is 32.7 Å². The van der Waals surface area contributed by atoms with Crippen LogP contribution < -0.4 is 10.1 Å². The predicted molar refractivity (Wildman–Crippen MR) is 72.4 cm³/mol. The van der Waals surface area contributed by atoms with Crippen molar-refractivity contribution in [2.45, 2.75) is 13.3 Å². The molecule has 1 saturated heterocycles. The van der Waals surface area contributed by atoms with Crippen molar-refractivity contribution < 1.29 is 9.84 Å². The van der Waals surface area contributed by atoms with Crippen LogP contribution in [0.3, 0.4) is 0 Å². The molecule has 0 aliphatic carbocycles.